The molecule has 0 saturated heterocycles. The molecule has 41 heavy (non-hydrogen) atoms. The van der Waals surface area contributed by atoms with Crippen LogP contribution in [-0.4, -0.2) is 45.5 Å². The molecule has 0 aliphatic rings. The minimum Gasteiger partial charge on any atom is -0.438 e. The maximum atomic E-state index is 13.8. The maximum Gasteiger partial charge on any atom is 0.228 e. The number of aromatic nitrogens is 1. The fourth-order valence-electron chi connectivity index (χ4n) is 4.73. The number of amides is 1. The largest absolute Gasteiger partial charge is 0.438 e. The molecule has 3 aromatic carbocycles. The lowest BCUT2D eigenvalue weighted by molar-refractivity contribution is -0.130. The lowest BCUT2D eigenvalue weighted by Crippen LogP contribution is -2.51. The van der Waals surface area contributed by atoms with Gasteiger partial charge in [-0.1, -0.05) is 86.1 Å². The van der Waals surface area contributed by atoms with Gasteiger partial charge in [-0.25, -0.2) is 21.8 Å². The third-order valence-corrected chi connectivity index (χ3v) is 9.97. The molecule has 4 rings (SSSR count). The molecule has 4 aromatic rings. The summed E-state index contributed by atoms with van der Waals surface area (Å²) in [5, 5.41) is 2.64. The summed E-state index contributed by atoms with van der Waals surface area (Å²) in [5.74, 6) is -4.61. The Morgan fingerprint density at radius 1 is 0.854 bits per heavy atom. The molecule has 216 valence electrons. The standard InChI is InChI=1S/C30H32N2O7S2/c1-2-17-30(22-33,29-31-26-15-9-10-16-27(26)39-29)32-28(34)25(20-40(35,36)18-23-11-5-3-6-12-23)21-41(37,38)19-24-13-7-4-8-14-24/h3-16,22,25H,2,17-21H2,1H3,(H,32,34)/t30-/m0/s1. The summed E-state index contributed by atoms with van der Waals surface area (Å²) in [6, 6.07) is 23.7. The Morgan fingerprint density at radius 2 is 1.37 bits per heavy atom. The van der Waals surface area contributed by atoms with Gasteiger partial charge in [0.1, 0.15) is 5.52 Å². The Labute approximate surface area is 239 Å². The summed E-state index contributed by atoms with van der Waals surface area (Å²) < 4.78 is 58.8. The van der Waals surface area contributed by atoms with Crippen molar-refractivity contribution in [3.05, 3.63) is 102 Å². The van der Waals surface area contributed by atoms with Crippen LogP contribution in [0.1, 0.15) is 36.8 Å². The number of fused-ring (bicyclic) bond motifs is 1. The predicted molar refractivity (Wildman–Crippen MR) is 156 cm³/mol. The SMILES string of the molecule is CCC[C@@](C=O)(NC(=O)C(CS(=O)(=O)Cc1ccccc1)CS(=O)(=O)Cc1ccccc1)c1nc2ccccc2o1. The minimum absolute atomic E-state index is 0.0538. The van der Waals surface area contributed by atoms with Gasteiger partial charge in [0, 0.05) is 0 Å². The van der Waals surface area contributed by atoms with Crippen LogP contribution in [0.5, 0.6) is 0 Å². The van der Waals surface area contributed by atoms with Crippen LogP contribution in [0.2, 0.25) is 0 Å². The molecular weight excluding hydrogens is 564 g/mol. The van der Waals surface area contributed by atoms with Crippen LogP contribution in [0.25, 0.3) is 11.1 Å². The Bertz CT molecular complexity index is 1600. The fourth-order valence-corrected chi connectivity index (χ4v) is 8.28. The quantitative estimate of drug-likeness (QED) is 0.216. The zero-order valence-corrected chi connectivity index (χ0v) is 24.2. The summed E-state index contributed by atoms with van der Waals surface area (Å²) in [4.78, 5) is 30.7. The molecule has 0 spiro atoms. The highest BCUT2D eigenvalue weighted by atomic mass is 32.2. The van der Waals surface area contributed by atoms with E-state index in [2.05, 4.69) is 10.3 Å². The van der Waals surface area contributed by atoms with E-state index in [0.29, 0.717) is 34.9 Å². The van der Waals surface area contributed by atoms with Crippen molar-refractivity contribution in [3.8, 4) is 0 Å². The zero-order chi connectivity index (χ0) is 29.5. The second-order valence-corrected chi connectivity index (χ2v) is 14.3. The van der Waals surface area contributed by atoms with E-state index in [1.807, 2.05) is 0 Å². The van der Waals surface area contributed by atoms with Gasteiger partial charge in [0.2, 0.25) is 11.8 Å². The van der Waals surface area contributed by atoms with Crippen LogP contribution in [0, 0.1) is 5.92 Å². The monoisotopic (exact) mass is 596 g/mol. The van der Waals surface area contributed by atoms with Gasteiger partial charge in [0.25, 0.3) is 0 Å². The Kier molecular flexibility index (Phi) is 9.39. The van der Waals surface area contributed by atoms with Gasteiger partial charge in [-0.2, -0.15) is 0 Å². The van der Waals surface area contributed by atoms with Gasteiger partial charge >= 0.3 is 0 Å². The topological polar surface area (TPSA) is 140 Å². The Balaban J connectivity index is 1.66. The van der Waals surface area contributed by atoms with Crippen molar-refractivity contribution in [1.29, 1.82) is 0 Å². The van der Waals surface area contributed by atoms with E-state index in [1.165, 1.54) is 0 Å². The average molecular weight is 597 g/mol. The highest BCUT2D eigenvalue weighted by Crippen LogP contribution is 2.29. The van der Waals surface area contributed by atoms with Gasteiger partial charge in [-0.3, -0.25) is 4.79 Å². The van der Waals surface area contributed by atoms with Crippen LogP contribution in [0.15, 0.2) is 89.3 Å². The van der Waals surface area contributed by atoms with E-state index < -0.39 is 48.5 Å². The van der Waals surface area contributed by atoms with Gasteiger partial charge in [-0.15, -0.1) is 0 Å². The molecule has 0 unspecified atom stereocenters. The molecule has 0 aliphatic carbocycles. The van der Waals surface area contributed by atoms with Gasteiger partial charge in [0.05, 0.1) is 28.9 Å². The van der Waals surface area contributed by atoms with E-state index in [4.69, 9.17) is 4.42 Å². The van der Waals surface area contributed by atoms with Gasteiger partial charge in [-0.05, 0) is 29.7 Å². The minimum atomic E-state index is -3.94. The summed E-state index contributed by atoms with van der Waals surface area (Å²) in [6.07, 6.45) is 1.06. The average Bonchev–Trinajstić information content (AvgIpc) is 3.38. The number of para-hydroxylation sites is 2. The van der Waals surface area contributed by atoms with Crippen molar-refractivity contribution in [2.45, 2.75) is 36.8 Å². The van der Waals surface area contributed by atoms with Crippen molar-refractivity contribution in [1.82, 2.24) is 10.3 Å². The molecule has 1 aromatic heterocycles. The van der Waals surface area contributed by atoms with Crippen molar-refractivity contribution < 1.29 is 30.8 Å². The summed E-state index contributed by atoms with van der Waals surface area (Å²) in [5.41, 5.74) is 0.199. The van der Waals surface area contributed by atoms with E-state index in [-0.39, 0.29) is 23.8 Å². The first-order valence-corrected chi connectivity index (χ1v) is 16.8. The van der Waals surface area contributed by atoms with Crippen LogP contribution >= 0.6 is 0 Å². The predicted octanol–water partition coefficient (Wildman–Crippen LogP) is 3.98. The number of carbonyl (C=O) groups is 2. The zero-order valence-electron chi connectivity index (χ0n) is 22.6. The molecule has 1 N–H and O–H groups in total. The second-order valence-electron chi connectivity index (χ2n) is 10.1. The van der Waals surface area contributed by atoms with Crippen molar-refractivity contribution in [2.75, 3.05) is 11.5 Å². The molecule has 1 heterocycles. The smallest absolute Gasteiger partial charge is 0.228 e. The molecule has 11 heteroatoms. The van der Waals surface area contributed by atoms with Gasteiger partial charge < -0.3 is 14.5 Å². The summed E-state index contributed by atoms with van der Waals surface area (Å²) in [7, 11) is -7.87. The number of rotatable bonds is 14. The number of carbonyl (C=O) groups excluding carboxylic acids is 2. The van der Waals surface area contributed by atoms with Crippen molar-refractivity contribution in [2.24, 2.45) is 5.92 Å². The molecule has 0 bridgehead atoms. The lowest BCUT2D eigenvalue weighted by atomic mass is 9.94. The molecule has 0 aliphatic heterocycles. The van der Waals surface area contributed by atoms with E-state index in [1.54, 1.807) is 91.9 Å². The number of hydrogen-bond acceptors (Lipinski definition) is 8. The number of hydrogen-bond donors (Lipinski definition) is 1. The third-order valence-electron chi connectivity index (χ3n) is 6.61. The van der Waals surface area contributed by atoms with Crippen molar-refractivity contribution >= 4 is 43.0 Å². The number of benzene rings is 3. The number of oxazole rings is 1. The van der Waals surface area contributed by atoms with E-state index in [9.17, 15) is 26.4 Å². The normalized spacial score (nSPS) is 13.6. The molecule has 9 nitrogen and oxygen atoms in total. The van der Waals surface area contributed by atoms with Crippen molar-refractivity contribution in [3.63, 3.8) is 0 Å². The van der Waals surface area contributed by atoms with E-state index >= 15 is 0 Å². The number of aldehydes is 1. The Hall–Kier alpha value is -3.83. The molecule has 0 fully saturated rings. The molecule has 1 amide bonds. The first kappa shape index (κ1) is 30.1. The Morgan fingerprint density at radius 3 is 1.85 bits per heavy atom. The second kappa shape index (κ2) is 12.8. The van der Waals surface area contributed by atoms with Gasteiger partial charge in [0.15, 0.2) is 37.1 Å². The summed E-state index contributed by atoms with van der Waals surface area (Å²) in [6.45, 7) is 1.80. The molecule has 0 saturated carbocycles. The first-order valence-electron chi connectivity index (χ1n) is 13.2. The highest BCUT2D eigenvalue weighted by Gasteiger charge is 2.41. The number of sulfone groups is 2. The van der Waals surface area contributed by atoms with Crippen LogP contribution in [-0.2, 0) is 46.3 Å². The first-order chi connectivity index (χ1) is 19.5. The van der Waals surface area contributed by atoms with Crippen LogP contribution in [0.4, 0.5) is 0 Å². The molecule has 1 atom stereocenters. The highest BCUT2D eigenvalue weighted by molar-refractivity contribution is 7.91. The van der Waals surface area contributed by atoms with E-state index in [0.717, 1.165) is 0 Å². The summed E-state index contributed by atoms with van der Waals surface area (Å²) >= 11 is 0. The number of nitrogens with one attached hydrogen (secondary N) is 1. The number of nitrogens with zero attached hydrogens (tertiary/aromatic N) is 1. The van der Waals surface area contributed by atoms with Crippen LogP contribution in [0.3, 0.4) is 0 Å². The molecular formula is C30H32N2O7S2. The maximum absolute atomic E-state index is 13.8. The van der Waals surface area contributed by atoms with Crippen LogP contribution < -0.4 is 5.32 Å². The fraction of sp³-hybridized carbons (Fsp3) is 0.300. The third kappa shape index (κ3) is 7.89. The molecule has 0 radical (unpaired) electrons. The lowest BCUT2D eigenvalue weighted by Gasteiger charge is -2.28.